The van der Waals surface area contributed by atoms with Crippen LogP contribution in [0.5, 0.6) is 5.75 Å². The Morgan fingerprint density at radius 1 is 1.00 bits per heavy atom. The zero-order chi connectivity index (χ0) is 21.7. The van der Waals surface area contributed by atoms with E-state index >= 15 is 0 Å². The van der Waals surface area contributed by atoms with E-state index in [-0.39, 0.29) is 31.1 Å². The molecule has 2 aliphatic rings. The van der Waals surface area contributed by atoms with E-state index < -0.39 is 0 Å². The van der Waals surface area contributed by atoms with Crippen LogP contribution >= 0.6 is 0 Å². The summed E-state index contributed by atoms with van der Waals surface area (Å²) < 4.78 is 10.8. The maximum atomic E-state index is 13.2. The maximum Gasteiger partial charge on any atom is 0.277 e. The second-order valence-electron chi connectivity index (χ2n) is 7.72. The lowest BCUT2D eigenvalue weighted by molar-refractivity contribution is -0.138. The summed E-state index contributed by atoms with van der Waals surface area (Å²) in [5, 5.41) is 9.17. The first-order valence-electron chi connectivity index (χ1n) is 10.4. The molecule has 0 radical (unpaired) electrons. The molecule has 1 aromatic rings. The van der Waals surface area contributed by atoms with Gasteiger partial charge < -0.3 is 19.5 Å². The van der Waals surface area contributed by atoms with Crippen LogP contribution < -0.4 is 4.74 Å². The van der Waals surface area contributed by atoms with Crippen LogP contribution in [-0.2, 0) is 14.3 Å². The van der Waals surface area contributed by atoms with Gasteiger partial charge in [0.1, 0.15) is 11.4 Å². The van der Waals surface area contributed by atoms with Gasteiger partial charge in [-0.1, -0.05) is 12.1 Å². The molecule has 2 aliphatic heterocycles. The van der Waals surface area contributed by atoms with Crippen LogP contribution in [0.15, 0.2) is 30.0 Å². The first kappa shape index (κ1) is 22.3. The van der Waals surface area contributed by atoms with Crippen LogP contribution in [0.1, 0.15) is 19.4 Å². The number of benzene rings is 1. The Labute approximate surface area is 177 Å². The highest BCUT2D eigenvalue weighted by Gasteiger charge is 2.41. The summed E-state index contributed by atoms with van der Waals surface area (Å²) in [6.45, 7) is 7.88. The molecule has 0 spiro atoms. The molecule has 0 aromatic heterocycles. The van der Waals surface area contributed by atoms with Gasteiger partial charge in [-0.3, -0.25) is 19.4 Å². The third-order valence-corrected chi connectivity index (χ3v) is 5.28. The highest BCUT2D eigenvalue weighted by molar-refractivity contribution is 6.35. The van der Waals surface area contributed by atoms with Crippen molar-refractivity contribution in [2.45, 2.75) is 20.0 Å². The normalized spacial score (nSPS) is 18.2. The summed E-state index contributed by atoms with van der Waals surface area (Å²) in [7, 11) is 1.55. The van der Waals surface area contributed by atoms with Crippen molar-refractivity contribution in [3.8, 4) is 5.75 Å². The zero-order valence-electron chi connectivity index (χ0n) is 18.0. The van der Waals surface area contributed by atoms with Crippen molar-refractivity contribution in [2.75, 3.05) is 59.6 Å². The van der Waals surface area contributed by atoms with Gasteiger partial charge in [0.05, 0.1) is 31.4 Å². The molecule has 2 heterocycles. The van der Waals surface area contributed by atoms with Gasteiger partial charge in [-0.2, -0.15) is 0 Å². The number of hydrogen-bond acceptors (Lipinski definition) is 7. The second-order valence-corrected chi connectivity index (χ2v) is 7.72. The van der Waals surface area contributed by atoms with E-state index in [1.165, 1.54) is 4.90 Å². The third-order valence-electron chi connectivity index (χ3n) is 5.28. The quantitative estimate of drug-likeness (QED) is 0.596. The van der Waals surface area contributed by atoms with E-state index in [4.69, 9.17) is 14.6 Å². The zero-order valence-corrected chi connectivity index (χ0v) is 18.0. The monoisotopic (exact) mass is 417 g/mol. The van der Waals surface area contributed by atoms with Crippen molar-refractivity contribution in [1.29, 1.82) is 0 Å². The highest BCUT2D eigenvalue weighted by Crippen LogP contribution is 2.33. The van der Waals surface area contributed by atoms with Gasteiger partial charge in [-0.05, 0) is 31.5 Å². The minimum absolute atomic E-state index is 0.0556. The molecule has 2 amide bonds. The lowest BCUT2D eigenvalue weighted by Crippen LogP contribution is -2.48. The minimum atomic E-state index is -0.289. The average molecular weight is 418 g/mol. The Bertz CT molecular complexity index is 782. The fraction of sp³-hybridized carbons (Fsp3) is 0.545. The number of piperazine rings is 1. The number of methoxy groups -OCH3 is 1. The van der Waals surface area contributed by atoms with Gasteiger partial charge in [-0.25, -0.2) is 0 Å². The lowest BCUT2D eigenvalue weighted by atomic mass is 10.0. The van der Waals surface area contributed by atoms with Crippen LogP contribution in [0, 0.1) is 0 Å². The predicted octanol–water partition coefficient (Wildman–Crippen LogP) is 0.810. The number of aliphatic hydroxyl groups excluding tert-OH is 1. The van der Waals surface area contributed by atoms with Crippen LogP contribution in [0.3, 0.4) is 0 Å². The summed E-state index contributed by atoms with van der Waals surface area (Å²) in [5.41, 5.74) is 1.59. The van der Waals surface area contributed by atoms with Crippen molar-refractivity contribution in [1.82, 2.24) is 14.7 Å². The Balaban J connectivity index is 1.91. The van der Waals surface area contributed by atoms with Gasteiger partial charge in [0.25, 0.3) is 11.8 Å². The summed E-state index contributed by atoms with van der Waals surface area (Å²) >= 11 is 0. The maximum absolute atomic E-state index is 13.2. The van der Waals surface area contributed by atoms with Crippen molar-refractivity contribution in [2.24, 2.45) is 0 Å². The fourth-order valence-electron chi connectivity index (χ4n) is 3.81. The van der Waals surface area contributed by atoms with Gasteiger partial charge >= 0.3 is 0 Å². The van der Waals surface area contributed by atoms with Crippen molar-refractivity contribution < 1.29 is 24.2 Å². The molecule has 30 heavy (non-hydrogen) atoms. The van der Waals surface area contributed by atoms with E-state index in [0.29, 0.717) is 43.1 Å². The summed E-state index contributed by atoms with van der Waals surface area (Å²) in [5.74, 6) is 0.161. The van der Waals surface area contributed by atoms with E-state index in [0.717, 1.165) is 18.8 Å². The smallest absolute Gasteiger partial charge is 0.277 e. The third kappa shape index (κ3) is 4.83. The molecule has 0 saturated carbocycles. The molecule has 0 bridgehead atoms. The van der Waals surface area contributed by atoms with Gasteiger partial charge in [0, 0.05) is 39.8 Å². The van der Waals surface area contributed by atoms with Crippen molar-refractivity contribution in [3.05, 3.63) is 35.5 Å². The molecule has 1 aromatic carbocycles. The molecule has 164 valence electrons. The SMILES string of the molecule is COCCN1C(=O)C(c2ccc(OC(C)C)cc2)=C(N2CCN(CCO)CC2)C1=O. The molecule has 8 nitrogen and oxygen atoms in total. The van der Waals surface area contributed by atoms with Crippen molar-refractivity contribution >= 4 is 17.4 Å². The van der Waals surface area contributed by atoms with E-state index in [1.807, 2.05) is 43.0 Å². The van der Waals surface area contributed by atoms with Crippen LogP contribution in [0.25, 0.3) is 5.57 Å². The Hall–Kier alpha value is -2.42. The number of rotatable bonds is 9. The minimum Gasteiger partial charge on any atom is -0.491 e. The molecule has 1 N–H and O–H groups in total. The molecule has 0 unspecified atom stereocenters. The Morgan fingerprint density at radius 3 is 2.23 bits per heavy atom. The average Bonchev–Trinajstić information content (AvgIpc) is 2.97. The number of nitrogens with zero attached hydrogens (tertiary/aromatic N) is 3. The number of imide groups is 1. The number of carbonyl (C=O) groups excluding carboxylic acids is 2. The molecule has 0 aliphatic carbocycles. The Morgan fingerprint density at radius 2 is 1.67 bits per heavy atom. The standard InChI is InChI=1S/C22H31N3O5/c1-16(2)30-18-6-4-17(5-7-18)19-20(22(28)25(21(19)27)13-15-29-3)24-10-8-23(9-11-24)12-14-26/h4-7,16,26H,8-15H2,1-3H3. The van der Waals surface area contributed by atoms with Gasteiger partial charge in [0.2, 0.25) is 0 Å². The molecular weight excluding hydrogens is 386 g/mol. The Kier molecular flexibility index (Phi) is 7.47. The predicted molar refractivity (Wildman–Crippen MR) is 113 cm³/mol. The highest BCUT2D eigenvalue weighted by atomic mass is 16.5. The van der Waals surface area contributed by atoms with Gasteiger partial charge in [-0.15, -0.1) is 0 Å². The molecule has 3 rings (SSSR count). The second kappa shape index (κ2) is 10.1. The number of β-amino-alcohol motifs (C(OH)–C–C–N with tert-alkyl or cyclic N) is 1. The number of amides is 2. The number of hydrogen-bond donors (Lipinski definition) is 1. The largest absolute Gasteiger partial charge is 0.491 e. The molecule has 0 atom stereocenters. The number of aliphatic hydroxyl groups is 1. The van der Waals surface area contributed by atoms with E-state index in [9.17, 15) is 9.59 Å². The number of carbonyl (C=O) groups is 2. The van der Waals surface area contributed by atoms with Crippen LogP contribution in [0.4, 0.5) is 0 Å². The lowest BCUT2D eigenvalue weighted by Gasteiger charge is -2.36. The van der Waals surface area contributed by atoms with Crippen LogP contribution in [0.2, 0.25) is 0 Å². The summed E-state index contributed by atoms with van der Waals surface area (Å²) in [4.78, 5) is 31.8. The topological polar surface area (TPSA) is 82.6 Å². The summed E-state index contributed by atoms with van der Waals surface area (Å²) in [6.07, 6.45) is 0.0556. The molecule has 1 saturated heterocycles. The first-order chi connectivity index (χ1) is 14.5. The van der Waals surface area contributed by atoms with Crippen LogP contribution in [-0.4, -0.2) is 97.3 Å². The number of ether oxygens (including phenoxy) is 2. The van der Waals surface area contributed by atoms with E-state index in [1.54, 1.807) is 7.11 Å². The summed E-state index contributed by atoms with van der Waals surface area (Å²) in [6, 6.07) is 7.32. The first-order valence-corrected chi connectivity index (χ1v) is 10.4. The van der Waals surface area contributed by atoms with E-state index in [2.05, 4.69) is 4.90 Å². The molecule has 8 heteroatoms. The van der Waals surface area contributed by atoms with Gasteiger partial charge in [0.15, 0.2) is 0 Å². The van der Waals surface area contributed by atoms with Crippen molar-refractivity contribution in [3.63, 3.8) is 0 Å². The fourth-order valence-corrected chi connectivity index (χ4v) is 3.81. The molecular formula is C22H31N3O5. The molecule has 1 fully saturated rings.